The molecule has 2 aromatic carbocycles. The lowest BCUT2D eigenvalue weighted by Gasteiger charge is -2.13. The predicted octanol–water partition coefficient (Wildman–Crippen LogP) is 3.10. The Labute approximate surface area is 161 Å². The molecule has 0 fully saturated rings. The number of hydrogen-bond acceptors (Lipinski definition) is 5. The van der Waals surface area contributed by atoms with Crippen molar-refractivity contribution in [3.63, 3.8) is 0 Å². The summed E-state index contributed by atoms with van der Waals surface area (Å²) >= 11 is 0. The molecule has 7 nitrogen and oxygen atoms in total. The van der Waals surface area contributed by atoms with Crippen LogP contribution in [-0.4, -0.2) is 50.6 Å². The number of H-pyrrole nitrogens is 1. The molecule has 0 aliphatic carbocycles. The van der Waals surface area contributed by atoms with Crippen LogP contribution in [0.15, 0.2) is 49.1 Å². The van der Waals surface area contributed by atoms with E-state index in [4.69, 9.17) is 4.74 Å². The fourth-order valence-electron chi connectivity index (χ4n) is 3.11. The maximum absolute atomic E-state index is 13.8. The zero-order valence-electron chi connectivity index (χ0n) is 15.8. The van der Waals surface area contributed by atoms with Crippen LogP contribution in [0.3, 0.4) is 0 Å². The Morgan fingerprint density at radius 2 is 2.07 bits per heavy atom. The third-order valence-electron chi connectivity index (χ3n) is 4.41. The molecule has 0 atom stereocenters. The molecular formula is C20H21FN6O. The third kappa shape index (κ3) is 3.86. The van der Waals surface area contributed by atoms with Crippen LogP contribution in [-0.2, 0) is 13.1 Å². The molecule has 0 saturated heterocycles. The fraction of sp³-hybridized carbons (Fsp3) is 0.250. The Bertz CT molecular complexity index is 1070. The number of fused-ring (bicyclic) bond motifs is 1. The molecular weight excluding hydrogens is 359 g/mol. The molecule has 0 aliphatic rings. The standard InChI is InChI=1S/C20H21FN6O/c1-26(2)11-19-17-9-14(3-6-18(17)24-25-19)16-5-4-15(21)10-20(16)28-8-7-27-13-22-12-23-27/h3-6,9-10,12-13H,7-8,11H2,1-2H3,(H,24,25). The van der Waals surface area contributed by atoms with Crippen LogP contribution in [0.5, 0.6) is 5.75 Å². The van der Waals surface area contributed by atoms with Crippen LogP contribution in [0.25, 0.3) is 22.0 Å². The first-order valence-electron chi connectivity index (χ1n) is 8.97. The molecule has 0 amide bonds. The summed E-state index contributed by atoms with van der Waals surface area (Å²) in [4.78, 5) is 5.97. The van der Waals surface area contributed by atoms with E-state index in [2.05, 4.69) is 31.2 Å². The van der Waals surface area contributed by atoms with Gasteiger partial charge in [0.1, 0.15) is 30.8 Å². The number of benzene rings is 2. The minimum atomic E-state index is -0.336. The largest absolute Gasteiger partial charge is 0.491 e. The lowest BCUT2D eigenvalue weighted by molar-refractivity contribution is 0.291. The normalized spacial score (nSPS) is 11.4. The first-order valence-corrected chi connectivity index (χ1v) is 8.97. The Balaban J connectivity index is 1.64. The second-order valence-electron chi connectivity index (χ2n) is 6.82. The summed E-state index contributed by atoms with van der Waals surface area (Å²) in [5.74, 6) is 0.161. The van der Waals surface area contributed by atoms with Crippen molar-refractivity contribution in [1.82, 2.24) is 29.9 Å². The Hall–Kier alpha value is -3.26. The van der Waals surface area contributed by atoms with E-state index in [9.17, 15) is 4.39 Å². The molecule has 1 N–H and O–H groups in total. The SMILES string of the molecule is CN(C)Cc1n[nH]c2ccc(-c3ccc(F)cc3OCCn3cncn3)cc12. The topological polar surface area (TPSA) is 71.9 Å². The molecule has 4 rings (SSSR count). The third-order valence-corrected chi connectivity index (χ3v) is 4.41. The number of aromatic nitrogens is 5. The van der Waals surface area contributed by atoms with E-state index in [0.717, 1.165) is 34.3 Å². The molecule has 28 heavy (non-hydrogen) atoms. The molecule has 4 aromatic rings. The Morgan fingerprint density at radius 3 is 2.86 bits per heavy atom. The zero-order chi connectivity index (χ0) is 19.5. The number of rotatable bonds is 7. The van der Waals surface area contributed by atoms with Gasteiger partial charge in [-0.3, -0.25) is 5.10 Å². The molecule has 2 aromatic heterocycles. The first kappa shape index (κ1) is 18.1. The van der Waals surface area contributed by atoms with E-state index in [1.54, 1.807) is 17.1 Å². The first-order chi connectivity index (χ1) is 13.6. The van der Waals surface area contributed by atoms with Gasteiger partial charge in [-0.15, -0.1) is 0 Å². The monoisotopic (exact) mass is 380 g/mol. The summed E-state index contributed by atoms with van der Waals surface area (Å²) in [6.45, 7) is 1.62. The summed E-state index contributed by atoms with van der Waals surface area (Å²) < 4.78 is 21.4. The van der Waals surface area contributed by atoms with Crippen LogP contribution in [0.2, 0.25) is 0 Å². The maximum Gasteiger partial charge on any atom is 0.137 e. The minimum absolute atomic E-state index is 0.336. The number of aromatic amines is 1. The molecule has 0 unspecified atom stereocenters. The van der Waals surface area contributed by atoms with Gasteiger partial charge in [0.2, 0.25) is 0 Å². The van der Waals surface area contributed by atoms with Gasteiger partial charge in [0, 0.05) is 23.6 Å². The summed E-state index contributed by atoms with van der Waals surface area (Å²) in [5, 5.41) is 12.6. The molecule has 0 spiro atoms. The highest BCUT2D eigenvalue weighted by molar-refractivity contribution is 5.87. The van der Waals surface area contributed by atoms with Crippen molar-refractivity contribution in [3.05, 3.63) is 60.6 Å². The highest BCUT2D eigenvalue weighted by atomic mass is 19.1. The van der Waals surface area contributed by atoms with Crippen molar-refractivity contribution in [2.45, 2.75) is 13.1 Å². The van der Waals surface area contributed by atoms with Crippen LogP contribution >= 0.6 is 0 Å². The zero-order valence-corrected chi connectivity index (χ0v) is 15.8. The van der Waals surface area contributed by atoms with E-state index < -0.39 is 0 Å². The minimum Gasteiger partial charge on any atom is -0.491 e. The quantitative estimate of drug-likeness (QED) is 0.533. The van der Waals surface area contributed by atoms with E-state index >= 15 is 0 Å². The number of hydrogen-bond donors (Lipinski definition) is 1. The van der Waals surface area contributed by atoms with Crippen LogP contribution in [0, 0.1) is 5.82 Å². The van der Waals surface area contributed by atoms with Crippen LogP contribution in [0.1, 0.15) is 5.69 Å². The second kappa shape index (κ2) is 7.77. The molecule has 144 valence electrons. The number of nitrogens with one attached hydrogen (secondary N) is 1. The van der Waals surface area contributed by atoms with Crippen LogP contribution in [0.4, 0.5) is 4.39 Å². The molecule has 0 aliphatic heterocycles. The summed E-state index contributed by atoms with van der Waals surface area (Å²) in [6, 6.07) is 10.6. The van der Waals surface area contributed by atoms with Gasteiger partial charge < -0.3 is 9.64 Å². The molecule has 2 heterocycles. The van der Waals surface area contributed by atoms with E-state index in [1.165, 1.54) is 18.5 Å². The van der Waals surface area contributed by atoms with Gasteiger partial charge in [-0.25, -0.2) is 14.1 Å². The van der Waals surface area contributed by atoms with Gasteiger partial charge in [0.05, 0.1) is 17.8 Å². The van der Waals surface area contributed by atoms with Crippen molar-refractivity contribution < 1.29 is 9.13 Å². The predicted molar refractivity (Wildman–Crippen MR) is 104 cm³/mol. The van der Waals surface area contributed by atoms with E-state index in [1.807, 2.05) is 26.2 Å². The summed E-state index contributed by atoms with van der Waals surface area (Å²) in [7, 11) is 4.01. The summed E-state index contributed by atoms with van der Waals surface area (Å²) in [5.41, 5.74) is 3.72. The van der Waals surface area contributed by atoms with Gasteiger partial charge in [0.25, 0.3) is 0 Å². The summed E-state index contributed by atoms with van der Waals surface area (Å²) in [6.07, 6.45) is 3.09. The number of ether oxygens (including phenoxy) is 1. The van der Waals surface area contributed by atoms with Crippen molar-refractivity contribution in [2.75, 3.05) is 20.7 Å². The Kier molecular flexibility index (Phi) is 5.03. The smallest absolute Gasteiger partial charge is 0.137 e. The lowest BCUT2D eigenvalue weighted by atomic mass is 10.0. The molecule has 8 heteroatoms. The highest BCUT2D eigenvalue weighted by Crippen LogP contribution is 2.33. The lowest BCUT2D eigenvalue weighted by Crippen LogP contribution is -2.11. The highest BCUT2D eigenvalue weighted by Gasteiger charge is 2.12. The van der Waals surface area contributed by atoms with Crippen molar-refractivity contribution >= 4 is 10.9 Å². The fourth-order valence-corrected chi connectivity index (χ4v) is 3.11. The van der Waals surface area contributed by atoms with Gasteiger partial charge in [-0.1, -0.05) is 6.07 Å². The van der Waals surface area contributed by atoms with Crippen molar-refractivity contribution in [1.29, 1.82) is 0 Å². The van der Waals surface area contributed by atoms with Gasteiger partial charge >= 0.3 is 0 Å². The molecule has 0 saturated carbocycles. The van der Waals surface area contributed by atoms with Gasteiger partial charge in [-0.05, 0) is 43.9 Å². The Morgan fingerprint density at radius 1 is 1.18 bits per heavy atom. The van der Waals surface area contributed by atoms with E-state index in [-0.39, 0.29) is 5.82 Å². The second-order valence-corrected chi connectivity index (χ2v) is 6.82. The van der Waals surface area contributed by atoms with Gasteiger partial charge in [-0.2, -0.15) is 10.2 Å². The van der Waals surface area contributed by atoms with E-state index in [0.29, 0.717) is 18.9 Å². The van der Waals surface area contributed by atoms with Gasteiger partial charge in [0.15, 0.2) is 0 Å². The van der Waals surface area contributed by atoms with Crippen LogP contribution < -0.4 is 4.74 Å². The number of nitrogens with zero attached hydrogens (tertiary/aromatic N) is 5. The molecule has 0 radical (unpaired) electrons. The van der Waals surface area contributed by atoms with Crippen molar-refractivity contribution in [2.24, 2.45) is 0 Å². The maximum atomic E-state index is 13.8. The average Bonchev–Trinajstić information content (AvgIpc) is 3.32. The average molecular weight is 380 g/mol. The van der Waals surface area contributed by atoms with Crippen molar-refractivity contribution in [3.8, 4) is 16.9 Å². The molecule has 0 bridgehead atoms. The number of halogens is 1.